The molecular weight excluding hydrogens is 237 g/mol. The van der Waals surface area contributed by atoms with Crippen molar-refractivity contribution in [2.24, 2.45) is 5.73 Å². The van der Waals surface area contributed by atoms with Gasteiger partial charge in [0.15, 0.2) is 0 Å². The third kappa shape index (κ3) is 2.84. The monoisotopic (exact) mass is 247 g/mol. The van der Waals surface area contributed by atoms with E-state index in [1.807, 2.05) is 0 Å². The molecule has 0 aliphatic carbocycles. The van der Waals surface area contributed by atoms with Gasteiger partial charge in [0.2, 0.25) is 0 Å². The summed E-state index contributed by atoms with van der Waals surface area (Å²) in [5.74, 6) is -1.64. The zero-order valence-electron chi connectivity index (χ0n) is 8.54. The summed E-state index contributed by atoms with van der Waals surface area (Å²) in [4.78, 5) is 10.5. The molecule has 0 fully saturated rings. The Morgan fingerprint density at radius 2 is 2.31 bits per heavy atom. The van der Waals surface area contributed by atoms with Crippen molar-refractivity contribution < 1.29 is 19.0 Å². The molecule has 0 aromatic heterocycles. The van der Waals surface area contributed by atoms with E-state index < -0.39 is 17.8 Å². The van der Waals surface area contributed by atoms with E-state index in [0.717, 1.165) is 6.07 Å². The van der Waals surface area contributed by atoms with E-state index in [9.17, 15) is 9.18 Å². The van der Waals surface area contributed by atoms with E-state index in [2.05, 4.69) is 0 Å². The molecule has 0 saturated carbocycles. The van der Waals surface area contributed by atoms with Gasteiger partial charge in [0.1, 0.15) is 22.6 Å². The van der Waals surface area contributed by atoms with Crippen LogP contribution in [0.25, 0.3) is 0 Å². The average molecular weight is 248 g/mol. The van der Waals surface area contributed by atoms with Gasteiger partial charge in [0.25, 0.3) is 0 Å². The van der Waals surface area contributed by atoms with E-state index in [-0.39, 0.29) is 17.2 Å². The second-order valence-corrected chi connectivity index (χ2v) is 3.62. The van der Waals surface area contributed by atoms with Gasteiger partial charge in [-0.2, -0.15) is 0 Å². The standard InChI is InChI=1S/C10H11ClFNO3/c1-16-8-4-5(2-6(12)9(8)11)3-7(13)10(14)15/h2,4,7H,3,13H2,1H3,(H,14,15). The lowest BCUT2D eigenvalue weighted by atomic mass is 10.1. The summed E-state index contributed by atoms with van der Waals surface area (Å²) in [6.07, 6.45) is 0.0137. The molecule has 4 nitrogen and oxygen atoms in total. The van der Waals surface area contributed by atoms with Gasteiger partial charge in [0, 0.05) is 0 Å². The lowest BCUT2D eigenvalue weighted by molar-refractivity contribution is -0.138. The van der Waals surface area contributed by atoms with Crippen LogP contribution in [0.1, 0.15) is 5.56 Å². The molecular formula is C10H11ClFNO3. The van der Waals surface area contributed by atoms with Gasteiger partial charge in [-0.3, -0.25) is 4.79 Å². The van der Waals surface area contributed by atoms with Crippen LogP contribution >= 0.6 is 11.6 Å². The number of methoxy groups -OCH3 is 1. The highest BCUT2D eigenvalue weighted by Crippen LogP contribution is 2.28. The minimum Gasteiger partial charge on any atom is -0.495 e. The quantitative estimate of drug-likeness (QED) is 0.845. The van der Waals surface area contributed by atoms with Crippen LogP contribution < -0.4 is 10.5 Å². The Balaban J connectivity index is 2.98. The van der Waals surface area contributed by atoms with Crippen LogP contribution in [0, 0.1) is 5.82 Å². The summed E-state index contributed by atoms with van der Waals surface area (Å²) >= 11 is 5.62. The summed E-state index contributed by atoms with van der Waals surface area (Å²) in [5.41, 5.74) is 5.76. The first-order valence-electron chi connectivity index (χ1n) is 4.46. The van der Waals surface area contributed by atoms with E-state index in [1.165, 1.54) is 13.2 Å². The number of carbonyl (C=O) groups is 1. The van der Waals surface area contributed by atoms with Crippen LogP contribution in [0.3, 0.4) is 0 Å². The Kier molecular flexibility index (Phi) is 4.09. The van der Waals surface area contributed by atoms with Crippen LogP contribution in [-0.4, -0.2) is 24.2 Å². The Morgan fingerprint density at radius 1 is 1.69 bits per heavy atom. The summed E-state index contributed by atoms with van der Waals surface area (Å²) in [6.45, 7) is 0. The highest BCUT2D eigenvalue weighted by atomic mass is 35.5. The molecule has 16 heavy (non-hydrogen) atoms. The fourth-order valence-corrected chi connectivity index (χ4v) is 1.41. The number of rotatable bonds is 4. The van der Waals surface area contributed by atoms with E-state index >= 15 is 0 Å². The molecule has 6 heteroatoms. The molecule has 88 valence electrons. The van der Waals surface area contributed by atoms with Crippen LogP contribution in [0.4, 0.5) is 4.39 Å². The average Bonchev–Trinajstić information content (AvgIpc) is 2.22. The number of ether oxygens (including phenoxy) is 1. The number of carboxylic acids is 1. The first-order chi connectivity index (χ1) is 7.45. The number of nitrogens with two attached hydrogens (primary N) is 1. The lowest BCUT2D eigenvalue weighted by Gasteiger charge is -2.10. The Hall–Kier alpha value is -1.33. The van der Waals surface area contributed by atoms with E-state index in [4.69, 9.17) is 27.2 Å². The first kappa shape index (κ1) is 12.7. The number of aliphatic carboxylic acids is 1. The molecule has 0 amide bonds. The molecule has 1 rings (SSSR count). The van der Waals surface area contributed by atoms with Crippen molar-refractivity contribution in [1.29, 1.82) is 0 Å². The van der Waals surface area contributed by atoms with Crippen LogP contribution in [-0.2, 0) is 11.2 Å². The van der Waals surface area contributed by atoms with Gasteiger partial charge in [-0.15, -0.1) is 0 Å². The molecule has 1 aromatic rings. The van der Waals surface area contributed by atoms with Crippen molar-refractivity contribution in [3.05, 3.63) is 28.5 Å². The summed E-state index contributed by atoms with van der Waals surface area (Å²) in [6, 6.07) is 1.53. The molecule has 0 heterocycles. The normalized spacial score (nSPS) is 12.2. The zero-order valence-corrected chi connectivity index (χ0v) is 9.29. The third-order valence-corrected chi connectivity index (χ3v) is 2.41. The van der Waals surface area contributed by atoms with Crippen LogP contribution in [0.2, 0.25) is 5.02 Å². The predicted molar refractivity (Wildman–Crippen MR) is 57.3 cm³/mol. The number of benzene rings is 1. The van der Waals surface area contributed by atoms with E-state index in [1.54, 1.807) is 0 Å². The zero-order chi connectivity index (χ0) is 12.3. The molecule has 1 unspecified atom stereocenters. The summed E-state index contributed by atoms with van der Waals surface area (Å²) in [5, 5.41) is 8.49. The second-order valence-electron chi connectivity index (χ2n) is 3.24. The minimum atomic E-state index is -1.14. The molecule has 0 saturated heterocycles. The molecule has 0 bridgehead atoms. The molecule has 0 radical (unpaired) electrons. The van der Waals surface area contributed by atoms with Gasteiger partial charge in [-0.25, -0.2) is 4.39 Å². The number of halogens is 2. The number of hydrogen-bond donors (Lipinski definition) is 2. The van der Waals surface area contributed by atoms with Gasteiger partial charge in [-0.05, 0) is 24.1 Å². The largest absolute Gasteiger partial charge is 0.495 e. The van der Waals surface area contributed by atoms with Gasteiger partial charge in [0.05, 0.1) is 7.11 Å². The highest BCUT2D eigenvalue weighted by molar-refractivity contribution is 6.32. The number of hydrogen-bond acceptors (Lipinski definition) is 3. The molecule has 0 aliphatic heterocycles. The van der Waals surface area contributed by atoms with Crippen molar-refractivity contribution in [1.82, 2.24) is 0 Å². The topological polar surface area (TPSA) is 72.5 Å². The fourth-order valence-electron chi connectivity index (χ4n) is 1.22. The smallest absolute Gasteiger partial charge is 0.320 e. The summed E-state index contributed by atoms with van der Waals surface area (Å²) in [7, 11) is 1.35. The van der Waals surface area contributed by atoms with Crippen LogP contribution in [0.15, 0.2) is 12.1 Å². The lowest BCUT2D eigenvalue weighted by Crippen LogP contribution is -2.32. The van der Waals surface area contributed by atoms with Gasteiger partial charge >= 0.3 is 5.97 Å². The van der Waals surface area contributed by atoms with Crippen molar-refractivity contribution in [2.75, 3.05) is 7.11 Å². The maximum atomic E-state index is 13.3. The first-order valence-corrected chi connectivity index (χ1v) is 4.83. The SMILES string of the molecule is COc1cc(CC(N)C(=O)O)cc(F)c1Cl. The Labute approximate surface area is 96.8 Å². The van der Waals surface area contributed by atoms with Crippen LogP contribution in [0.5, 0.6) is 5.75 Å². The summed E-state index contributed by atoms with van der Waals surface area (Å²) < 4.78 is 18.1. The fraction of sp³-hybridized carbons (Fsp3) is 0.300. The third-order valence-electron chi connectivity index (χ3n) is 2.05. The highest BCUT2D eigenvalue weighted by Gasteiger charge is 2.15. The van der Waals surface area contributed by atoms with Gasteiger partial charge in [-0.1, -0.05) is 11.6 Å². The van der Waals surface area contributed by atoms with Crippen molar-refractivity contribution in [2.45, 2.75) is 12.5 Å². The molecule has 1 atom stereocenters. The van der Waals surface area contributed by atoms with Crippen molar-refractivity contribution in [3.8, 4) is 5.75 Å². The predicted octanol–water partition coefficient (Wildman–Crippen LogP) is 1.44. The Morgan fingerprint density at radius 3 is 2.81 bits per heavy atom. The van der Waals surface area contributed by atoms with E-state index in [0.29, 0.717) is 5.56 Å². The Bertz CT molecular complexity index is 411. The molecule has 0 aliphatic rings. The molecule has 0 spiro atoms. The second kappa shape index (κ2) is 5.14. The number of carboxylic acid groups (broad SMARTS) is 1. The van der Waals surface area contributed by atoms with Gasteiger partial charge < -0.3 is 15.6 Å². The van der Waals surface area contributed by atoms with Crippen molar-refractivity contribution >= 4 is 17.6 Å². The molecule has 3 N–H and O–H groups in total. The molecule has 1 aromatic carbocycles. The minimum absolute atomic E-state index is 0.0137. The maximum absolute atomic E-state index is 13.3. The maximum Gasteiger partial charge on any atom is 0.320 e. The van der Waals surface area contributed by atoms with Crippen molar-refractivity contribution in [3.63, 3.8) is 0 Å².